The number of pyridine rings is 1. The molecule has 0 spiro atoms. The van der Waals surface area contributed by atoms with E-state index < -0.39 is 0 Å². The fraction of sp³-hybridized carbons (Fsp3) is 0.348. The molecule has 2 aromatic rings. The first kappa shape index (κ1) is 21.4. The number of carbonyl (C=O) groups excluding carboxylic acids is 2. The molecule has 0 radical (unpaired) electrons. The van der Waals surface area contributed by atoms with Crippen LogP contribution in [0.3, 0.4) is 0 Å². The summed E-state index contributed by atoms with van der Waals surface area (Å²) in [6, 6.07) is 12.0. The van der Waals surface area contributed by atoms with E-state index in [0.29, 0.717) is 31.7 Å². The highest BCUT2D eigenvalue weighted by atomic mass is 16.5. The molecule has 2 heterocycles. The van der Waals surface area contributed by atoms with Gasteiger partial charge in [-0.2, -0.15) is 0 Å². The predicted octanol–water partition coefficient (Wildman–Crippen LogP) is 2.66. The lowest BCUT2D eigenvalue weighted by molar-refractivity contribution is -0.150. The maximum Gasteiger partial charge on any atom is 0.310 e. The molecule has 1 unspecified atom stereocenters. The Labute approximate surface area is 175 Å². The Kier molecular flexibility index (Phi) is 7.06. The molecule has 1 aromatic heterocycles. The van der Waals surface area contributed by atoms with E-state index in [-0.39, 0.29) is 35.6 Å². The first-order valence-electron chi connectivity index (χ1n) is 10.0. The average Bonchev–Trinajstić information content (AvgIpc) is 2.78. The quantitative estimate of drug-likeness (QED) is 0.540. The summed E-state index contributed by atoms with van der Waals surface area (Å²) in [4.78, 5) is 39.7. The van der Waals surface area contributed by atoms with Crippen molar-refractivity contribution in [2.45, 2.75) is 19.8 Å². The van der Waals surface area contributed by atoms with Gasteiger partial charge in [0.25, 0.3) is 11.5 Å². The SMILES string of the molecule is CCOC(=O)C1CCCN(C(=O)/C(=C\c2ccc(OC)cc2)n2ccccc2=O)C1. The molecule has 30 heavy (non-hydrogen) atoms. The van der Waals surface area contributed by atoms with E-state index in [1.807, 2.05) is 12.1 Å². The number of aromatic nitrogens is 1. The molecule has 0 aliphatic carbocycles. The van der Waals surface area contributed by atoms with Crippen molar-refractivity contribution in [1.82, 2.24) is 9.47 Å². The third-order valence-corrected chi connectivity index (χ3v) is 5.05. The van der Waals surface area contributed by atoms with Gasteiger partial charge in [-0.05, 0) is 49.6 Å². The molecular weight excluding hydrogens is 384 g/mol. The second-order valence-corrected chi connectivity index (χ2v) is 7.05. The maximum absolute atomic E-state index is 13.4. The van der Waals surface area contributed by atoms with Gasteiger partial charge < -0.3 is 14.4 Å². The molecule has 158 valence electrons. The van der Waals surface area contributed by atoms with Gasteiger partial charge in [-0.15, -0.1) is 0 Å². The average molecular weight is 410 g/mol. The van der Waals surface area contributed by atoms with E-state index >= 15 is 0 Å². The Balaban J connectivity index is 1.94. The van der Waals surface area contributed by atoms with Crippen LogP contribution in [0.25, 0.3) is 11.8 Å². The number of methoxy groups -OCH3 is 1. The second-order valence-electron chi connectivity index (χ2n) is 7.05. The van der Waals surface area contributed by atoms with Gasteiger partial charge in [0.1, 0.15) is 11.4 Å². The fourth-order valence-electron chi connectivity index (χ4n) is 3.49. The summed E-state index contributed by atoms with van der Waals surface area (Å²) in [5, 5.41) is 0. The van der Waals surface area contributed by atoms with E-state index in [2.05, 4.69) is 0 Å². The van der Waals surface area contributed by atoms with Gasteiger partial charge >= 0.3 is 5.97 Å². The monoisotopic (exact) mass is 410 g/mol. The van der Waals surface area contributed by atoms with Crippen LogP contribution in [-0.2, 0) is 14.3 Å². The first-order valence-corrected chi connectivity index (χ1v) is 10.0. The lowest BCUT2D eigenvalue weighted by Gasteiger charge is -2.32. The molecule has 1 fully saturated rings. The van der Waals surface area contributed by atoms with Gasteiger partial charge in [0.15, 0.2) is 0 Å². The highest BCUT2D eigenvalue weighted by Gasteiger charge is 2.31. The van der Waals surface area contributed by atoms with E-state index in [0.717, 1.165) is 5.56 Å². The Morgan fingerprint density at radius 1 is 1.17 bits per heavy atom. The number of nitrogens with zero attached hydrogens (tertiary/aromatic N) is 2. The molecule has 0 bridgehead atoms. The van der Waals surface area contributed by atoms with Crippen LogP contribution in [0.4, 0.5) is 0 Å². The van der Waals surface area contributed by atoms with Crippen molar-refractivity contribution >= 4 is 23.6 Å². The minimum Gasteiger partial charge on any atom is -0.497 e. The smallest absolute Gasteiger partial charge is 0.310 e. The summed E-state index contributed by atoms with van der Waals surface area (Å²) in [6.45, 7) is 2.88. The number of hydrogen-bond donors (Lipinski definition) is 0. The first-order chi connectivity index (χ1) is 14.5. The molecule has 1 aromatic carbocycles. The molecule has 1 aliphatic rings. The van der Waals surface area contributed by atoms with Crippen molar-refractivity contribution in [3.8, 4) is 5.75 Å². The maximum atomic E-state index is 13.4. The van der Waals surface area contributed by atoms with Gasteiger partial charge in [0.2, 0.25) is 0 Å². The number of hydrogen-bond acceptors (Lipinski definition) is 5. The molecular formula is C23H26N2O5. The largest absolute Gasteiger partial charge is 0.497 e. The standard InChI is InChI=1S/C23H26N2O5/c1-3-30-23(28)18-7-6-13-24(16-18)22(27)20(25-14-5-4-8-21(25)26)15-17-9-11-19(29-2)12-10-17/h4-5,8-12,14-15,18H,3,6-7,13,16H2,1-2H3/b20-15+. The molecule has 3 rings (SSSR count). The predicted molar refractivity (Wildman–Crippen MR) is 114 cm³/mol. The highest BCUT2D eigenvalue weighted by molar-refractivity contribution is 6.18. The lowest BCUT2D eigenvalue weighted by Crippen LogP contribution is -2.44. The zero-order chi connectivity index (χ0) is 21.5. The summed E-state index contributed by atoms with van der Waals surface area (Å²) in [5.41, 5.74) is 0.689. The number of benzene rings is 1. The third-order valence-electron chi connectivity index (χ3n) is 5.05. The third kappa shape index (κ3) is 4.97. The zero-order valence-electron chi connectivity index (χ0n) is 17.2. The highest BCUT2D eigenvalue weighted by Crippen LogP contribution is 2.22. The number of likely N-dealkylation sites (tertiary alicyclic amines) is 1. The van der Waals surface area contributed by atoms with Gasteiger partial charge in [0, 0.05) is 25.4 Å². The van der Waals surface area contributed by atoms with E-state index in [1.54, 1.807) is 55.5 Å². The molecule has 1 aliphatic heterocycles. The van der Waals surface area contributed by atoms with Crippen LogP contribution in [-0.4, -0.2) is 48.1 Å². The summed E-state index contributed by atoms with van der Waals surface area (Å²) in [7, 11) is 1.58. The molecule has 1 amide bonds. The Morgan fingerprint density at radius 2 is 1.93 bits per heavy atom. The number of esters is 1. The molecule has 1 atom stereocenters. The number of amides is 1. The minimum absolute atomic E-state index is 0.232. The van der Waals surface area contributed by atoms with Crippen LogP contribution in [0.1, 0.15) is 25.3 Å². The van der Waals surface area contributed by atoms with Gasteiger partial charge in [-0.3, -0.25) is 19.0 Å². The van der Waals surface area contributed by atoms with E-state index in [4.69, 9.17) is 9.47 Å². The van der Waals surface area contributed by atoms with E-state index in [9.17, 15) is 14.4 Å². The molecule has 1 saturated heterocycles. The normalized spacial score (nSPS) is 16.8. The fourth-order valence-corrected chi connectivity index (χ4v) is 3.49. The van der Waals surface area contributed by atoms with Crippen molar-refractivity contribution in [3.63, 3.8) is 0 Å². The molecule has 7 nitrogen and oxygen atoms in total. The number of ether oxygens (including phenoxy) is 2. The Bertz CT molecular complexity index is 978. The summed E-state index contributed by atoms with van der Waals surface area (Å²) in [6.07, 6.45) is 4.64. The van der Waals surface area contributed by atoms with Gasteiger partial charge in [0.05, 0.1) is 19.6 Å². The van der Waals surface area contributed by atoms with E-state index in [1.165, 1.54) is 10.6 Å². The zero-order valence-corrected chi connectivity index (χ0v) is 17.2. The molecule has 0 saturated carbocycles. The number of piperidine rings is 1. The number of carbonyl (C=O) groups is 2. The number of rotatable bonds is 6. The van der Waals surface area contributed by atoms with Crippen LogP contribution in [0.15, 0.2) is 53.5 Å². The Hall–Kier alpha value is -3.35. The van der Waals surface area contributed by atoms with Crippen molar-refractivity contribution in [1.29, 1.82) is 0 Å². The van der Waals surface area contributed by atoms with Crippen LogP contribution in [0.5, 0.6) is 5.75 Å². The lowest BCUT2D eigenvalue weighted by atomic mass is 9.98. The van der Waals surface area contributed by atoms with Crippen molar-refractivity contribution in [2.24, 2.45) is 5.92 Å². The topological polar surface area (TPSA) is 77.8 Å². The molecule has 0 N–H and O–H groups in total. The van der Waals surface area contributed by atoms with Crippen LogP contribution in [0, 0.1) is 5.92 Å². The summed E-state index contributed by atoms with van der Waals surface area (Å²) < 4.78 is 11.6. The minimum atomic E-state index is -0.350. The molecule has 7 heteroatoms. The summed E-state index contributed by atoms with van der Waals surface area (Å²) in [5.74, 6) is -0.233. The summed E-state index contributed by atoms with van der Waals surface area (Å²) >= 11 is 0. The van der Waals surface area contributed by atoms with Gasteiger partial charge in [-0.1, -0.05) is 18.2 Å². The van der Waals surface area contributed by atoms with Gasteiger partial charge in [-0.25, -0.2) is 0 Å². The van der Waals surface area contributed by atoms with Crippen LogP contribution in [0.2, 0.25) is 0 Å². The van der Waals surface area contributed by atoms with Crippen LogP contribution < -0.4 is 10.3 Å². The Morgan fingerprint density at radius 3 is 2.60 bits per heavy atom. The van der Waals surface area contributed by atoms with Crippen molar-refractivity contribution < 1.29 is 19.1 Å². The van der Waals surface area contributed by atoms with Crippen molar-refractivity contribution in [3.05, 3.63) is 64.6 Å². The second kappa shape index (κ2) is 9.91. The van der Waals surface area contributed by atoms with Crippen LogP contribution >= 0.6 is 0 Å². The van der Waals surface area contributed by atoms with Crippen molar-refractivity contribution in [2.75, 3.05) is 26.8 Å².